The number of methoxy groups -OCH3 is 1. The van der Waals surface area contributed by atoms with Gasteiger partial charge in [0.1, 0.15) is 0 Å². The summed E-state index contributed by atoms with van der Waals surface area (Å²) in [7, 11) is 1.54. The fourth-order valence-corrected chi connectivity index (χ4v) is 4.62. The molecule has 1 fully saturated rings. The van der Waals surface area contributed by atoms with E-state index in [0.29, 0.717) is 43.3 Å². The highest BCUT2D eigenvalue weighted by Gasteiger charge is 2.31. The molecule has 0 spiro atoms. The van der Waals surface area contributed by atoms with E-state index >= 15 is 0 Å². The lowest BCUT2D eigenvalue weighted by molar-refractivity contribution is 0.0714. The summed E-state index contributed by atoms with van der Waals surface area (Å²) in [6.07, 6.45) is 5.88. The van der Waals surface area contributed by atoms with Crippen LogP contribution < -0.4 is 4.74 Å². The van der Waals surface area contributed by atoms with E-state index in [0.717, 1.165) is 19.3 Å². The number of carbonyl (C=O) groups excluding carboxylic acids is 2. The van der Waals surface area contributed by atoms with Crippen molar-refractivity contribution < 1.29 is 14.3 Å². The quantitative estimate of drug-likeness (QED) is 0.596. The molecule has 0 bridgehead atoms. The predicted octanol–water partition coefficient (Wildman–Crippen LogP) is 2.19. The van der Waals surface area contributed by atoms with Crippen LogP contribution in [-0.4, -0.2) is 67.8 Å². The normalized spacial score (nSPS) is 17.7. The smallest absolute Gasteiger partial charge is 0.276 e. The van der Waals surface area contributed by atoms with Crippen molar-refractivity contribution in [3.05, 3.63) is 71.2 Å². The van der Waals surface area contributed by atoms with Crippen LogP contribution in [0.1, 0.15) is 44.8 Å². The van der Waals surface area contributed by atoms with E-state index in [1.165, 1.54) is 11.1 Å². The third kappa shape index (κ3) is 4.30. The first-order chi connectivity index (χ1) is 16.1. The van der Waals surface area contributed by atoms with Crippen LogP contribution in [0, 0.1) is 0 Å². The fourth-order valence-electron chi connectivity index (χ4n) is 4.62. The van der Waals surface area contributed by atoms with Crippen molar-refractivity contribution in [2.75, 3.05) is 20.2 Å². The average Bonchev–Trinajstić information content (AvgIpc) is 3.53. The minimum atomic E-state index is -0.112. The van der Waals surface area contributed by atoms with Crippen molar-refractivity contribution in [2.45, 2.75) is 38.4 Å². The van der Waals surface area contributed by atoms with Crippen LogP contribution in [0.25, 0.3) is 0 Å². The SMILES string of the molecule is COc1ccc(C(=O)N2CCC[C@H]2Cn2cc(C(=O)N3CCc4ccccc4C3)nn2)cn1. The van der Waals surface area contributed by atoms with Crippen LogP contribution in [0.15, 0.2) is 48.8 Å². The van der Waals surface area contributed by atoms with Crippen LogP contribution in [0.2, 0.25) is 0 Å². The van der Waals surface area contributed by atoms with Gasteiger partial charge in [0.15, 0.2) is 5.69 Å². The molecule has 2 aliphatic heterocycles. The first-order valence-electron chi connectivity index (χ1n) is 11.2. The van der Waals surface area contributed by atoms with Gasteiger partial charge in [-0.15, -0.1) is 5.10 Å². The molecule has 0 N–H and O–H groups in total. The second kappa shape index (κ2) is 9.01. The maximum Gasteiger partial charge on any atom is 0.276 e. The number of carbonyl (C=O) groups is 2. The van der Waals surface area contributed by atoms with Crippen molar-refractivity contribution in [3.63, 3.8) is 0 Å². The number of benzene rings is 1. The summed E-state index contributed by atoms with van der Waals surface area (Å²) in [5, 5.41) is 8.31. The Morgan fingerprint density at radius 1 is 1.09 bits per heavy atom. The van der Waals surface area contributed by atoms with Gasteiger partial charge in [-0.05, 0) is 36.5 Å². The molecule has 9 nitrogen and oxygen atoms in total. The molecule has 5 rings (SSSR count). The molecule has 0 radical (unpaired) electrons. The molecule has 2 aromatic heterocycles. The van der Waals surface area contributed by atoms with Crippen molar-refractivity contribution >= 4 is 11.8 Å². The van der Waals surface area contributed by atoms with Crippen molar-refractivity contribution in [2.24, 2.45) is 0 Å². The molecule has 1 atom stereocenters. The third-order valence-corrected chi connectivity index (χ3v) is 6.40. The molecule has 2 aliphatic rings. The van der Waals surface area contributed by atoms with E-state index in [9.17, 15) is 9.59 Å². The summed E-state index contributed by atoms with van der Waals surface area (Å²) in [5.74, 6) is 0.303. The molecule has 170 valence electrons. The second-order valence-electron chi connectivity index (χ2n) is 8.46. The summed E-state index contributed by atoms with van der Waals surface area (Å²) in [5.41, 5.74) is 3.34. The van der Waals surface area contributed by atoms with Crippen molar-refractivity contribution in [1.82, 2.24) is 29.8 Å². The number of amides is 2. The number of pyridine rings is 1. The Hall–Kier alpha value is -3.75. The fraction of sp³-hybridized carbons (Fsp3) is 0.375. The Balaban J connectivity index is 1.24. The molecule has 0 aliphatic carbocycles. The highest BCUT2D eigenvalue weighted by atomic mass is 16.5. The van der Waals surface area contributed by atoms with Gasteiger partial charge in [-0.25, -0.2) is 9.67 Å². The molecule has 1 saturated heterocycles. The molecule has 33 heavy (non-hydrogen) atoms. The lowest BCUT2D eigenvalue weighted by Crippen LogP contribution is -2.38. The van der Waals surface area contributed by atoms with Crippen molar-refractivity contribution in [1.29, 1.82) is 0 Å². The minimum Gasteiger partial charge on any atom is -0.481 e. The predicted molar refractivity (Wildman–Crippen MR) is 120 cm³/mol. The van der Waals surface area contributed by atoms with Crippen molar-refractivity contribution in [3.8, 4) is 5.88 Å². The Labute approximate surface area is 192 Å². The summed E-state index contributed by atoms with van der Waals surface area (Å²) in [6, 6.07) is 11.6. The number of aromatic nitrogens is 4. The topological polar surface area (TPSA) is 93.5 Å². The number of hydrogen-bond acceptors (Lipinski definition) is 6. The Morgan fingerprint density at radius 2 is 1.94 bits per heavy atom. The maximum atomic E-state index is 13.0. The summed E-state index contributed by atoms with van der Waals surface area (Å²) in [4.78, 5) is 33.8. The molecule has 9 heteroatoms. The Morgan fingerprint density at radius 3 is 2.73 bits per heavy atom. The number of nitrogens with zero attached hydrogens (tertiary/aromatic N) is 6. The van der Waals surface area contributed by atoms with Gasteiger partial charge in [0, 0.05) is 31.9 Å². The zero-order valence-corrected chi connectivity index (χ0v) is 18.6. The molecule has 0 saturated carbocycles. The molecule has 0 unspecified atom stereocenters. The van der Waals surface area contributed by atoms with Gasteiger partial charge in [-0.1, -0.05) is 29.5 Å². The average molecular weight is 447 g/mol. The molecule has 1 aromatic carbocycles. The van der Waals surface area contributed by atoms with Crippen LogP contribution in [0.3, 0.4) is 0 Å². The van der Waals surface area contributed by atoms with E-state index < -0.39 is 0 Å². The van der Waals surface area contributed by atoms with Gasteiger partial charge < -0.3 is 14.5 Å². The van der Waals surface area contributed by atoms with Gasteiger partial charge in [-0.3, -0.25) is 9.59 Å². The largest absolute Gasteiger partial charge is 0.481 e. The maximum absolute atomic E-state index is 13.0. The minimum absolute atomic E-state index is 0.00822. The lowest BCUT2D eigenvalue weighted by atomic mass is 10.00. The zero-order valence-electron chi connectivity index (χ0n) is 18.6. The first kappa shape index (κ1) is 21.1. The summed E-state index contributed by atoms with van der Waals surface area (Å²) < 4.78 is 6.75. The van der Waals surface area contributed by atoms with E-state index in [2.05, 4.69) is 27.4 Å². The number of rotatable bonds is 5. The van der Waals surface area contributed by atoms with Gasteiger partial charge in [0.2, 0.25) is 5.88 Å². The van der Waals surface area contributed by atoms with E-state index in [1.54, 1.807) is 36.3 Å². The lowest BCUT2D eigenvalue weighted by Gasteiger charge is -2.28. The Kier molecular flexibility index (Phi) is 5.77. The Bertz CT molecular complexity index is 1160. The number of likely N-dealkylation sites (tertiary alicyclic amines) is 1. The first-order valence-corrected chi connectivity index (χ1v) is 11.2. The third-order valence-electron chi connectivity index (χ3n) is 6.40. The van der Waals surface area contributed by atoms with Crippen LogP contribution in [0.5, 0.6) is 5.88 Å². The number of hydrogen-bond donors (Lipinski definition) is 0. The highest BCUT2D eigenvalue weighted by molar-refractivity contribution is 5.94. The van der Waals surface area contributed by atoms with Gasteiger partial charge in [-0.2, -0.15) is 0 Å². The van der Waals surface area contributed by atoms with Gasteiger partial charge in [0.25, 0.3) is 11.8 Å². The molecule has 4 heterocycles. The highest BCUT2D eigenvalue weighted by Crippen LogP contribution is 2.23. The summed E-state index contributed by atoms with van der Waals surface area (Å²) >= 11 is 0. The van der Waals surface area contributed by atoms with Crippen LogP contribution >= 0.6 is 0 Å². The molecular weight excluding hydrogens is 420 g/mol. The zero-order chi connectivity index (χ0) is 22.8. The number of fused-ring (bicyclic) bond motifs is 1. The van der Waals surface area contributed by atoms with Gasteiger partial charge in [0.05, 0.1) is 31.5 Å². The number of ether oxygens (including phenoxy) is 1. The van der Waals surface area contributed by atoms with Crippen LogP contribution in [-0.2, 0) is 19.5 Å². The molecular formula is C24H26N6O3. The second-order valence-corrected chi connectivity index (χ2v) is 8.46. The molecule has 3 aromatic rings. The van der Waals surface area contributed by atoms with E-state index in [-0.39, 0.29) is 17.9 Å². The van der Waals surface area contributed by atoms with Crippen LogP contribution in [0.4, 0.5) is 0 Å². The monoisotopic (exact) mass is 446 g/mol. The van der Waals surface area contributed by atoms with E-state index in [4.69, 9.17) is 4.74 Å². The standard InChI is InChI=1S/C24H26N6O3/c1-33-22-9-8-18(13-25-22)23(31)30-11-4-7-20(30)15-29-16-21(26-27-29)24(32)28-12-10-17-5-2-3-6-19(17)14-28/h2-3,5-6,8-9,13,16,20H,4,7,10-12,14-15H2,1H3/t20-/m0/s1. The van der Waals surface area contributed by atoms with Gasteiger partial charge >= 0.3 is 0 Å². The molecule has 2 amide bonds. The summed E-state index contributed by atoms with van der Waals surface area (Å²) in [6.45, 7) is 2.44. The van der Waals surface area contributed by atoms with E-state index in [1.807, 2.05) is 21.9 Å².